The lowest BCUT2D eigenvalue weighted by molar-refractivity contribution is -0.126. The molecule has 138 valence electrons. The van der Waals surface area contributed by atoms with E-state index in [0.29, 0.717) is 37.3 Å². The molecule has 0 saturated carbocycles. The van der Waals surface area contributed by atoms with Crippen molar-refractivity contribution in [3.63, 3.8) is 0 Å². The van der Waals surface area contributed by atoms with Crippen LogP contribution >= 0.6 is 0 Å². The van der Waals surface area contributed by atoms with Crippen molar-refractivity contribution in [2.24, 2.45) is 0 Å². The molecule has 2 heterocycles. The molecule has 2 aliphatic rings. The maximum absolute atomic E-state index is 12.4. The Labute approximate surface area is 153 Å². The van der Waals surface area contributed by atoms with E-state index in [1.54, 1.807) is 11.1 Å². The van der Waals surface area contributed by atoms with Crippen LogP contribution in [0, 0.1) is 0 Å². The Morgan fingerprint density at radius 2 is 2.15 bits per heavy atom. The van der Waals surface area contributed by atoms with Crippen LogP contribution in [-0.2, 0) is 16.0 Å². The molecule has 1 atom stereocenters. The van der Waals surface area contributed by atoms with Crippen molar-refractivity contribution in [1.82, 2.24) is 20.2 Å². The van der Waals surface area contributed by atoms with Crippen LogP contribution in [0.15, 0.2) is 24.9 Å². The third-order valence-corrected chi connectivity index (χ3v) is 4.66. The number of allylic oxidation sites excluding steroid dienone is 1. The molecule has 2 amide bonds. The van der Waals surface area contributed by atoms with Gasteiger partial charge in [0.05, 0.1) is 23.2 Å². The van der Waals surface area contributed by atoms with E-state index >= 15 is 0 Å². The topological polar surface area (TPSA) is 78.4 Å². The van der Waals surface area contributed by atoms with Gasteiger partial charge in [0.15, 0.2) is 0 Å². The number of piperazine rings is 1. The van der Waals surface area contributed by atoms with Gasteiger partial charge in [-0.05, 0) is 26.8 Å². The zero-order valence-electron chi connectivity index (χ0n) is 15.5. The molecule has 7 nitrogen and oxygen atoms in total. The first kappa shape index (κ1) is 18.1. The highest BCUT2D eigenvalue weighted by Gasteiger charge is 2.29. The van der Waals surface area contributed by atoms with Gasteiger partial charge in [0, 0.05) is 38.1 Å². The maximum Gasteiger partial charge on any atom is 0.253 e. The molecule has 3 rings (SSSR count). The average molecular weight is 355 g/mol. The molecule has 26 heavy (non-hydrogen) atoms. The number of anilines is 1. The van der Waals surface area contributed by atoms with Gasteiger partial charge in [-0.3, -0.25) is 14.6 Å². The first-order valence-corrected chi connectivity index (χ1v) is 8.96. The first-order chi connectivity index (χ1) is 12.4. The highest BCUT2D eigenvalue weighted by Crippen LogP contribution is 2.28. The second kappa shape index (κ2) is 7.27. The molecule has 1 aliphatic carbocycles. The minimum absolute atomic E-state index is 0.0490. The van der Waals surface area contributed by atoms with E-state index in [-0.39, 0.29) is 23.9 Å². The molecular formula is C19H25N5O2. The number of carbonyl (C=O) groups excluding carboxylic acids is 2. The minimum Gasteiger partial charge on any atom is -0.350 e. The number of amides is 2. The summed E-state index contributed by atoms with van der Waals surface area (Å²) < 4.78 is 0. The highest BCUT2D eigenvalue weighted by molar-refractivity contribution is 6.20. The van der Waals surface area contributed by atoms with Gasteiger partial charge in [-0.2, -0.15) is 0 Å². The number of nitrogens with one attached hydrogen (secondary N) is 1. The van der Waals surface area contributed by atoms with Crippen molar-refractivity contribution in [2.45, 2.75) is 39.3 Å². The number of rotatable bonds is 4. The Morgan fingerprint density at radius 3 is 2.81 bits per heavy atom. The molecule has 0 aromatic carbocycles. The van der Waals surface area contributed by atoms with Crippen molar-refractivity contribution in [3.8, 4) is 0 Å². The summed E-state index contributed by atoms with van der Waals surface area (Å²) in [4.78, 5) is 37.4. The van der Waals surface area contributed by atoms with Gasteiger partial charge in [-0.15, -0.1) is 0 Å². The van der Waals surface area contributed by atoms with Gasteiger partial charge in [-0.1, -0.05) is 12.7 Å². The zero-order valence-corrected chi connectivity index (χ0v) is 15.5. The van der Waals surface area contributed by atoms with Gasteiger partial charge in [0.2, 0.25) is 5.91 Å². The van der Waals surface area contributed by atoms with E-state index in [1.165, 1.54) is 6.08 Å². The van der Waals surface area contributed by atoms with Gasteiger partial charge in [0.25, 0.3) is 5.91 Å². The lowest BCUT2D eigenvalue weighted by Crippen LogP contribution is -2.53. The molecule has 0 radical (unpaired) electrons. The summed E-state index contributed by atoms with van der Waals surface area (Å²) in [6, 6.07) is 0.178. The van der Waals surface area contributed by atoms with Crippen LogP contribution < -0.4 is 10.2 Å². The van der Waals surface area contributed by atoms with Crippen LogP contribution in [0.5, 0.6) is 0 Å². The molecule has 0 spiro atoms. The lowest BCUT2D eigenvalue weighted by atomic mass is 10.1. The second-order valence-corrected chi connectivity index (χ2v) is 7.00. The Balaban J connectivity index is 1.79. The molecule has 1 fully saturated rings. The average Bonchev–Trinajstić information content (AvgIpc) is 3.03. The SMILES string of the molecule is C=CC(=O)N1CCN(c2cnc3c(n2)C(C(=O)NC(C)C)=CC3)[C@H](C)C1. The quantitative estimate of drug-likeness (QED) is 0.820. The fraction of sp³-hybridized carbons (Fsp3) is 0.474. The van der Waals surface area contributed by atoms with E-state index < -0.39 is 0 Å². The Bertz CT molecular complexity index is 771. The third kappa shape index (κ3) is 3.47. The summed E-state index contributed by atoms with van der Waals surface area (Å²) in [5.41, 5.74) is 2.09. The monoisotopic (exact) mass is 355 g/mol. The van der Waals surface area contributed by atoms with Crippen molar-refractivity contribution < 1.29 is 9.59 Å². The minimum atomic E-state index is -0.111. The van der Waals surface area contributed by atoms with Crippen molar-refractivity contribution in [3.05, 3.63) is 36.3 Å². The Kier molecular flexibility index (Phi) is 5.06. The molecule has 1 N–H and O–H groups in total. The summed E-state index contributed by atoms with van der Waals surface area (Å²) in [5, 5.41) is 2.92. The van der Waals surface area contributed by atoms with Crippen LogP contribution in [0.25, 0.3) is 5.57 Å². The van der Waals surface area contributed by atoms with E-state index in [0.717, 1.165) is 11.5 Å². The highest BCUT2D eigenvalue weighted by atomic mass is 16.2. The molecule has 0 unspecified atom stereocenters. The number of nitrogens with zero attached hydrogens (tertiary/aromatic N) is 4. The number of carbonyl (C=O) groups is 2. The summed E-state index contributed by atoms with van der Waals surface area (Å²) in [6.45, 7) is 11.4. The van der Waals surface area contributed by atoms with Gasteiger partial charge < -0.3 is 15.1 Å². The molecule has 1 aliphatic heterocycles. The van der Waals surface area contributed by atoms with Gasteiger partial charge in [0.1, 0.15) is 5.82 Å². The van der Waals surface area contributed by atoms with Crippen molar-refractivity contribution >= 4 is 23.2 Å². The van der Waals surface area contributed by atoms with E-state index in [9.17, 15) is 9.59 Å². The number of hydrogen-bond donors (Lipinski definition) is 1. The van der Waals surface area contributed by atoms with E-state index in [4.69, 9.17) is 4.98 Å². The first-order valence-electron chi connectivity index (χ1n) is 8.96. The number of hydrogen-bond acceptors (Lipinski definition) is 5. The Hall–Kier alpha value is -2.70. The maximum atomic E-state index is 12.4. The van der Waals surface area contributed by atoms with Crippen LogP contribution in [0.4, 0.5) is 5.82 Å². The second-order valence-electron chi connectivity index (χ2n) is 7.00. The molecule has 1 aromatic heterocycles. The fourth-order valence-electron chi connectivity index (χ4n) is 3.37. The summed E-state index contributed by atoms with van der Waals surface area (Å²) >= 11 is 0. The predicted molar refractivity (Wildman–Crippen MR) is 101 cm³/mol. The standard InChI is InChI=1S/C19H25N5O2/c1-5-17(25)23-8-9-24(13(4)11-23)16-10-20-15-7-6-14(18(15)22-16)19(26)21-12(2)3/h5-6,10,12-13H,1,7-9,11H2,2-4H3,(H,21,26)/t13-/m1/s1. The van der Waals surface area contributed by atoms with Crippen molar-refractivity contribution in [1.29, 1.82) is 0 Å². The largest absolute Gasteiger partial charge is 0.350 e. The lowest BCUT2D eigenvalue weighted by Gasteiger charge is -2.40. The van der Waals surface area contributed by atoms with Crippen LogP contribution in [0.1, 0.15) is 32.2 Å². The smallest absolute Gasteiger partial charge is 0.253 e. The van der Waals surface area contributed by atoms with Crippen LogP contribution in [0.2, 0.25) is 0 Å². The number of aromatic nitrogens is 2. The molecule has 1 aromatic rings. The molecule has 1 saturated heterocycles. The van der Waals surface area contributed by atoms with Gasteiger partial charge >= 0.3 is 0 Å². The third-order valence-electron chi connectivity index (χ3n) is 4.66. The fourth-order valence-corrected chi connectivity index (χ4v) is 3.37. The normalized spacial score (nSPS) is 19.2. The molecule has 7 heteroatoms. The zero-order chi connectivity index (χ0) is 18.8. The summed E-state index contributed by atoms with van der Waals surface area (Å²) in [7, 11) is 0. The number of fused-ring (bicyclic) bond motifs is 1. The van der Waals surface area contributed by atoms with Crippen molar-refractivity contribution in [2.75, 3.05) is 24.5 Å². The van der Waals surface area contributed by atoms with E-state index in [2.05, 4.69) is 28.7 Å². The van der Waals surface area contributed by atoms with Crippen LogP contribution in [-0.4, -0.2) is 58.4 Å². The Morgan fingerprint density at radius 1 is 1.38 bits per heavy atom. The van der Waals surface area contributed by atoms with Gasteiger partial charge in [-0.25, -0.2) is 4.98 Å². The van der Waals surface area contributed by atoms with E-state index in [1.807, 2.05) is 19.9 Å². The molecular weight excluding hydrogens is 330 g/mol. The predicted octanol–water partition coefficient (Wildman–Crippen LogP) is 1.16. The summed E-state index contributed by atoms with van der Waals surface area (Å²) in [5.74, 6) is 0.582. The summed E-state index contributed by atoms with van der Waals surface area (Å²) in [6.07, 6.45) is 5.62. The van der Waals surface area contributed by atoms with Crippen LogP contribution in [0.3, 0.4) is 0 Å². The molecule has 0 bridgehead atoms.